The number of hydrazone groups is 1. The number of benzene rings is 2. The molecule has 0 radical (unpaired) electrons. The minimum Gasteiger partial charge on any atom is -0.507 e. The molecule has 1 amide bonds. The Hall–Kier alpha value is -2.82. The van der Waals surface area contributed by atoms with Gasteiger partial charge in [-0.15, -0.1) is 0 Å². The summed E-state index contributed by atoms with van der Waals surface area (Å²) in [5, 5.41) is 13.4. The van der Waals surface area contributed by atoms with E-state index in [0.717, 1.165) is 11.3 Å². The van der Waals surface area contributed by atoms with Crippen LogP contribution in [0.5, 0.6) is 11.5 Å². The molecule has 0 spiro atoms. The Morgan fingerprint density at radius 1 is 1.24 bits per heavy atom. The smallest absolute Gasteiger partial charge is 0.244 e. The minimum atomic E-state index is -0.230. The van der Waals surface area contributed by atoms with Gasteiger partial charge in [-0.1, -0.05) is 24.3 Å². The van der Waals surface area contributed by atoms with Crippen LogP contribution >= 0.6 is 0 Å². The lowest BCUT2D eigenvalue weighted by Gasteiger charge is -2.03. The van der Waals surface area contributed by atoms with E-state index in [-0.39, 0.29) is 18.1 Å². The average Bonchev–Trinajstić information content (AvgIpc) is 2.50. The van der Waals surface area contributed by atoms with Crippen molar-refractivity contribution >= 4 is 12.1 Å². The number of rotatable bonds is 5. The third-order valence-corrected chi connectivity index (χ3v) is 2.85. The molecule has 2 rings (SSSR count). The van der Waals surface area contributed by atoms with Gasteiger partial charge in [0.1, 0.15) is 11.5 Å². The van der Waals surface area contributed by atoms with Gasteiger partial charge in [0.25, 0.3) is 0 Å². The van der Waals surface area contributed by atoms with Crippen molar-refractivity contribution in [2.24, 2.45) is 5.10 Å². The van der Waals surface area contributed by atoms with E-state index in [1.807, 2.05) is 12.1 Å². The van der Waals surface area contributed by atoms with Gasteiger partial charge in [0, 0.05) is 5.56 Å². The van der Waals surface area contributed by atoms with E-state index >= 15 is 0 Å². The van der Waals surface area contributed by atoms with E-state index < -0.39 is 0 Å². The normalized spacial score (nSPS) is 10.5. The van der Waals surface area contributed by atoms with Gasteiger partial charge in [-0.3, -0.25) is 4.79 Å². The van der Waals surface area contributed by atoms with Gasteiger partial charge in [-0.05, 0) is 29.8 Å². The summed E-state index contributed by atoms with van der Waals surface area (Å²) in [6, 6.07) is 14.0. The molecule has 0 aromatic heterocycles. The first-order valence-electron chi connectivity index (χ1n) is 6.42. The molecular formula is C16H16N2O3. The van der Waals surface area contributed by atoms with Crippen molar-refractivity contribution in [3.8, 4) is 11.5 Å². The summed E-state index contributed by atoms with van der Waals surface area (Å²) in [7, 11) is 1.59. The first-order valence-corrected chi connectivity index (χ1v) is 6.42. The highest BCUT2D eigenvalue weighted by Crippen LogP contribution is 2.13. The molecular weight excluding hydrogens is 268 g/mol. The number of carbonyl (C=O) groups excluding carboxylic acids is 1. The molecule has 0 fully saturated rings. The topological polar surface area (TPSA) is 70.9 Å². The van der Waals surface area contributed by atoms with Crippen molar-refractivity contribution in [2.45, 2.75) is 6.42 Å². The van der Waals surface area contributed by atoms with Crippen LogP contribution in [0.2, 0.25) is 0 Å². The van der Waals surface area contributed by atoms with Gasteiger partial charge in [0.15, 0.2) is 0 Å². The maximum atomic E-state index is 11.7. The number of hydrogen-bond acceptors (Lipinski definition) is 4. The number of methoxy groups -OCH3 is 1. The maximum absolute atomic E-state index is 11.7. The molecule has 21 heavy (non-hydrogen) atoms. The summed E-state index contributed by atoms with van der Waals surface area (Å²) < 4.78 is 5.05. The van der Waals surface area contributed by atoms with E-state index in [1.54, 1.807) is 43.5 Å². The fourth-order valence-corrected chi connectivity index (χ4v) is 1.74. The lowest BCUT2D eigenvalue weighted by atomic mass is 10.1. The lowest BCUT2D eigenvalue weighted by molar-refractivity contribution is -0.120. The van der Waals surface area contributed by atoms with Crippen molar-refractivity contribution in [3.63, 3.8) is 0 Å². The van der Waals surface area contributed by atoms with E-state index in [4.69, 9.17) is 4.74 Å². The van der Waals surface area contributed by atoms with Crippen molar-refractivity contribution in [1.29, 1.82) is 0 Å². The molecule has 0 aliphatic carbocycles. The van der Waals surface area contributed by atoms with Crippen LogP contribution in [-0.4, -0.2) is 24.3 Å². The maximum Gasteiger partial charge on any atom is 0.244 e. The standard InChI is InChI=1S/C16H16N2O3/c1-21-14-8-6-12(7-9-14)10-16(20)18-17-11-13-4-2-3-5-15(13)19/h2-9,11,19H,10H2,1H3,(H,18,20)/b17-11-. The number of nitrogens with zero attached hydrogens (tertiary/aromatic N) is 1. The summed E-state index contributed by atoms with van der Waals surface area (Å²) in [5.41, 5.74) is 3.83. The average molecular weight is 284 g/mol. The van der Waals surface area contributed by atoms with Gasteiger partial charge < -0.3 is 9.84 Å². The van der Waals surface area contributed by atoms with Crippen LogP contribution in [0.3, 0.4) is 0 Å². The number of ether oxygens (including phenoxy) is 1. The van der Waals surface area contributed by atoms with Gasteiger partial charge >= 0.3 is 0 Å². The summed E-state index contributed by atoms with van der Waals surface area (Å²) >= 11 is 0. The van der Waals surface area contributed by atoms with Crippen LogP contribution < -0.4 is 10.2 Å². The lowest BCUT2D eigenvalue weighted by Crippen LogP contribution is -2.19. The fourth-order valence-electron chi connectivity index (χ4n) is 1.74. The number of para-hydroxylation sites is 1. The van der Waals surface area contributed by atoms with Crippen molar-refractivity contribution in [1.82, 2.24) is 5.43 Å². The molecule has 0 saturated carbocycles. The van der Waals surface area contributed by atoms with Crippen LogP contribution in [0, 0.1) is 0 Å². The molecule has 0 unspecified atom stereocenters. The number of hydrogen-bond donors (Lipinski definition) is 2. The number of carbonyl (C=O) groups is 1. The molecule has 0 saturated heterocycles. The Kier molecular flexibility index (Phi) is 4.93. The van der Waals surface area contributed by atoms with E-state index in [0.29, 0.717) is 5.56 Å². The summed E-state index contributed by atoms with van der Waals surface area (Å²) in [6.45, 7) is 0. The predicted molar refractivity (Wildman–Crippen MR) is 80.5 cm³/mol. The monoisotopic (exact) mass is 284 g/mol. The zero-order chi connectivity index (χ0) is 15.1. The number of nitrogens with one attached hydrogen (secondary N) is 1. The zero-order valence-electron chi connectivity index (χ0n) is 11.6. The quantitative estimate of drug-likeness (QED) is 0.652. The molecule has 108 valence electrons. The largest absolute Gasteiger partial charge is 0.507 e. The first kappa shape index (κ1) is 14.6. The molecule has 0 aliphatic rings. The SMILES string of the molecule is COc1ccc(CC(=O)N/N=C\c2ccccc2O)cc1. The highest BCUT2D eigenvalue weighted by Gasteiger charge is 2.02. The Balaban J connectivity index is 1.88. The van der Waals surface area contributed by atoms with Crippen LogP contribution in [0.15, 0.2) is 53.6 Å². The van der Waals surface area contributed by atoms with Crippen LogP contribution in [0.25, 0.3) is 0 Å². The van der Waals surface area contributed by atoms with Crippen molar-refractivity contribution < 1.29 is 14.6 Å². The highest BCUT2D eigenvalue weighted by atomic mass is 16.5. The van der Waals surface area contributed by atoms with E-state index in [1.165, 1.54) is 6.21 Å². The number of aromatic hydroxyl groups is 1. The predicted octanol–water partition coefficient (Wildman–Crippen LogP) is 2.09. The van der Waals surface area contributed by atoms with Gasteiger partial charge in [0.05, 0.1) is 19.7 Å². The van der Waals surface area contributed by atoms with Gasteiger partial charge in [-0.25, -0.2) is 5.43 Å². The Morgan fingerprint density at radius 3 is 2.62 bits per heavy atom. The summed E-state index contributed by atoms with van der Waals surface area (Å²) in [4.78, 5) is 11.7. The summed E-state index contributed by atoms with van der Waals surface area (Å²) in [5.74, 6) is 0.634. The van der Waals surface area contributed by atoms with Crippen LogP contribution in [0.4, 0.5) is 0 Å². The first-order chi connectivity index (χ1) is 10.2. The van der Waals surface area contributed by atoms with E-state index in [2.05, 4.69) is 10.5 Å². The number of amides is 1. The molecule has 2 aromatic carbocycles. The second-order valence-electron chi connectivity index (χ2n) is 4.38. The Bertz CT molecular complexity index is 636. The molecule has 5 heteroatoms. The Morgan fingerprint density at radius 2 is 1.95 bits per heavy atom. The molecule has 2 N–H and O–H groups in total. The van der Waals surface area contributed by atoms with Crippen molar-refractivity contribution in [2.75, 3.05) is 7.11 Å². The van der Waals surface area contributed by atoms with Gasteiger partial charge in [-0.2, -0.15) is 5.10 Å². The van der Waals surface area contributed by atoms with Crippen LogP contribution in [0.1, 0.15) is 11.1 Å². The van der Waals surface area contributed by atoms with Crippen molar-refractivity contribution in [3.05, 3.63) is 59.7 Å². The third kappa shape index (κ3) is 4.35. The molecule has 0 heterocycles. The molecule has 0 atom stereocenters. The van der Waals surface area contributed by atoms with E-state index in [9.17, 15) is 9.90 Å². The molecule has 0 aliphatic heterocycles. The highest BCUT2D eigenvalue weighted by molar-refractivity contribution is 5.85. The third-order valence-electron chi connectivity index (χ3n) is 2.85. The summed E-state index contributed by atoms with van der Waals surface area (Å²) in [6.07, 6.45) is 1.63. The van der Waals surface area contributed by atoms with Gasteiger partial charge in [0.2, 0.25) is 5.91 Å². The fraction of sp³-hybridized carbons (Fsp3) is 0.125. The number of phenols is 1. The molecule has 0 bridgehead atoms. The zero-order valence-corrected chi connectivity index (χ0v) is 11.6. The molecule has 2 aromatic rings. The second-order valence-corrected chi connectivity index (χ2v) is 4.38. The Labute approximate surface area is 122 Å². The number of phenolic OH excluding ortho intramolecular Hbond substituents is 1. The molecule has 5 nitrogen and oxygen atoms in total. The van der Waals surface area contributed by atoms with Crippen LogP contribution in [-0.2, 0) is 11.2 Å². The minimum absolute atomic E-state index is 0.116. The second kappa shape index (κ2) is 7.09.